The van der Waals surface area contributed by atoms with Gasteiger partial charge in [0, 0.05) is 24.5 Å². The van der Waals surface area contributed by atoms with Crippen LogP contribution in [-0.4, -0.2) is 20.1 Å². The maximum Gasteiger partial charge on any atom is 0.258 e. The van der Waals surface area contributed by atoms with Gasteiger partial charge in [0.25, 0.3) is 5.89 Å². The predicted octanol–water partition coefficient (Wildman–Crippen LogP) is 1.59. The molecule has 0 saturated heterocycles. The van der Waals surface area contributed by atoms with Gasteiger partial charge in [0.15, 0.2) is 0 Å². The number of aromatic amines is 1. The lowest BCUT2D eigenvalue weighted by Crippen LogP contribution is -1.98. The largest absolute Gasteiger partial charge is 0.359 e. The third kappa shape index (κ3) is 1.89. The summed E-state index contributed by atoms with van der Waals surface area (Å²) < 4.78 is 5.22. The standard InChI is InChI=1S/C12H11N5O/c13-7-9-6-8(3-5-14-9)12-16-11(17-18-12)10-2-1-4-15-10/h1-6,15H,7,13H2. The number of nitrogens with zero attached hydrogens (tertiary/aromatic N) is 3. The minimum atomic E-state index is 0.380. The first kappa shape index (κ1) is 10.7. The smallest absolute Gasteiger partial charge is 0.258 e. The lowest BCUT2D eigenvalue weighted by atomic mass is 10.2. The van der Waals surface area contributed by atoms with Crippen LogP contribution in [0.2, 0.25) is 0 Å². The normalized spacial score (nSPS) is 10.7. The van der Waals surface area contributed by atoms with E-state index in [1.54, 1.807) is 6.20 Å². The maximum atomic E-state index is 5.55. The molecule has 3 N–H and O–H groups in total. The molecule has 0 atom stereocenters. The number of hydrogen-bond donors (Lipinski definition) is 2. The van der Waals surface area contributed by atoms with E-state index in [2.05, 4.69) is 20.1 Å². The second-order valence-electron chi connectivity index (χ2n) is 3.75. The van der Waals surface area contributed by atoms with E-state index in [-0.39, 0.29) is 0 Å². The van der Waals surface area contributed by atoms with E-state index >= 15 is 0 Å². The molecule has 0 aliphatic heterocycles. The molecule has 0 spiro atoms. The topological polar surface area (TPSA) is 93.6 Å². The number of aromatic nitrogens is 4. The summed E-state index contributed by atoms with van der Waals surface area (Å²) >= 11 is 0. The molecule has 0 radical (unpaired) electrons. The third-order valence-electron chi connectivity index (χ3n) is 2.54. The van der Waals surface area contributed by atoms with Gasteiger partial charge in [0.2, 0.25) is 5.82 Å². The Morgan fingerprint density at radius 2 is 2.28 bits per heavy atom. The summed E-state index contributed by atoms with van der Waals surface area (Å²) in [5, 5.41) is 3.92. The first-order valence-electron chi connectivity index (χ1n) is 5.49. The van der Waals surface area contributed by atoms with Gasteiger partial charge in [-0.25, -0.2) is 0 Å². The molecule has 0 fully saturated rings. The first-order chi connectivity index (χ1) is 8.86. The van der Waals surface area contributed by atoms with Crippen molar-refractivity contribution in [3.63, 3.8) is 0 Å². The second-order valence-corrected chi connectivity index (χ2v) is 3.75. The van der Waals surface area contributed by atoms with Gasteiger partial charge in [-0.05, 0) is 24.3 Å². The molecular formula is C12H11N5O. The SMILES string of the molecule is NCc1cc(-c2nc(-c3ccc[nH]3)no2)ccn1. The van der Waals surface area contributed by atoms with Crippen molar-refractivity contribution in [2.45, 2.75) is 6.54 Å². The molecule has 6 heteroatoms. The molecule has 3 rings (SSSR count). The molecule has 0 aliphatic rings. The van der Waals surface area contributed by atoms with Crippen LogP contribution in [0.3, 0.4) is 0 Å². The Labute approximate surface area is 103 Å². The lowest BCUT2D eigenvalue weighted by Gasteiger charge is -1.97. The molecule has 18 heavy (non-hydrogen) atoms. The fourth-order valence-electron chi connectivity index (χ4n) is 1.64. The molecule has 0 aliphatic carbocycles. The van der Waals surface area contributed by atoms with Gasteiger partial charge in [0.1, 0.15) is 0 Å². The first-order valence-corrected chi connectivity index (χ1v) is 5.49. The van der Waals surface area contributed by atoms with Gasteiger partial charge in [-0.1, -0.05) is 5.16 Å². The van der Waals surface area contributed by atoms with Crippen molar-refractivity contribution in [3.05, 3.63) is 42.4 Å². The number of nitrogens with two attached hydrogens (primary N) is 1. The summed E-state index contributed by atoms with van der Waals surface area (Å²) in [6.07, 6.45) is 3.49. The maximum absolute atomic E-state index is 5.55. The van der Waals surface area contributed by atoms with Crippen molar-refractivity contribution in [2.24, 2.45) is 5.73 Å². The lowest BCUT2D eigenvalue weighted by molar-refractivity contribution is 0.432. The Hall–Kier alpha value is -2.47. The molecule has 3 heterocycles. The van der Waals surface area contributed by atoms with Gasteiger partial charge in [-0.2, -0.15) is 4.98 Å². The van der Waals surface area contributed by atoms with Crippen LogP contribution in [0.15, 0.2) is 41.2 Å². The highest BCUT2D eigenvalue weighted by atomic mass is 16.5. The average molecular weight is 241 g/mol. The minimum Gasteiger partial charge on any atom is -0.359 e. The van der Waals surface area contributed by atoms with Gasteiger partial charge >= 0.3 is 0 Å². The predicted molar refractivity (Wildman–Crippen MR) is 65.2 cm³/mol. The van der Waals surface area contributed by atoms with E-state index in [1.807, 2.05) is 30.5 Å². The van der Waals surface area contributed by atoms with Crippen LogP contribution >= 0.6 is 0 Å². The number of nitrogens with one attached hydrogen (secondary N) is 1. The summed E-state index contributed by atoms with van der Waals surface area (Å²) in [5.74, 6) is 0.984. The monoisotopic (exact) mass is 241 g/mol. The highest BCUT2D eigenvalue weighted by Crippen LogP contribution is 2.21. The number of pyridine rings is 1. The number of H-pyrrole nitrogens is 1. The Morgan fingerprint density at radius 3 is 3.06 bits per heavy atom. The molecule has 0 bridgehead atoms. The van der Waals surface area contributed by atoms with E-state index in [1.165, 1.54) is 0 Å². The van der Waals surface area contributed by atoms with E-state index in [4.69, 9.17) is 10.3 Å². The summed E-state index contributed by atoms with van der Waals surface area (Å²) in [7, 11) is 0. The molecule has 0 amide bonds. The summed E-state index contributed by atoms with van der Waals surface area (Å²) in [4.78, 5) is 11.5. The molecule has 0 unspecified atom stereocenters. The molecule has 90 valence electrons. The molecule has 3 aromatic heterocycles. The molecule has 3 aromatic rings. The van der Waals surface area contributed by atoms with Crippen molar-refractivity contribution in [2.75, 3.05) is 0 Å². The van der Waals surface area contributed by atoms with Crippen molar-refractivity contribution >= 4 is 0 Å². The molecule has 0 aromatic carbocycles. The zero-order valence-electron chi connectivity index (χ0n) is 9.50. The van der Waals surface area contributed by atoms with Gasteiger partial charge in [0.05, 0.1) is 11.4 Å². The van der Waals surface area contributed by atoms with E-state index in [0.717, 1.165) is 17.0 Å². The summed E-state index contributed by atoms with van der Waals surface area (Å²) in [6, 6.07) is 7.41. The highest BCUT2D eigenvalue weighted by Gasteiger charge is 2.11. The van der Waals surface area contributed by atoms with Gasteiger partial charge in [-0.15, -0.1) is 0 Å². The van der Waals surface area contributed by atoms with Crippen LogP contribution in [0.4, 0.5) is 0 Å². The van der Waals surface area contributed by atoms with Crippen molar-refractivity contribution in [1.29, 1.82) is 0 Å². The fourth-order valence-corrected chi connectivity index (χ4v) is 1.64. The van der Waals surface area contributed by atoms with Gasteiger partial charge < -0.3 is 15.2 Å². The number of rotatable bonds is 3. The Morgan fingerprint density at radius 1 is 1.33 bits per heavy atom. The van der Waals surface area contributed by atoms with Crippen LogP contribution < -0.4 is 5.73 Å². The van der Waals surface area contributed by atoms with Crippen LogP contribution in [0.1, 0.15) is 5.69 Å². The van der Waals surface area contributed by atoms with Crippen LogP contribution in [0, 0.1) is 0 Å². The van der Waals surface area contributed by atoms with E-state index in [9.17, 15) is 0 Å². The Kier molecular flexibility index (Phi) is 2.62. The highest BCUT2D eigenvalue weighted by molar-refractivity contribution is 5.57. The van der Waals surface area contributed by atoms with Crippen LogP contribution in [0.25, 0.3) is 23.0 Å². The Bertz CT molecular complexity index is 644. The molecular weight excluding hydrogens is 230 g/mol. The zero-order chi connectivity index (χ0) is 12.4. The third-order valence-corrected chi connectivity index (χ3v) is 2.54. The van der Waals surface area contributed by atoms with Crippen LogP contribution in [-0.2, 0) is 6.54 Å². The zero-order valence-corrected chi connectivity index (χ0v) is 9.50. The van der Waals surface area contributed by atoms with Gasteiger partial charge in [-0.3, -0.25) is 4.98 Å². The quantitative estimate of drug-likeness (QED) is 0.726. The van der Waals surface area contributed by atoms with E-state index in [0.29, 0.717) is 18.3 Å². The van der Waals surface area contributed by atoms with Crippen molar-refractivity contribution in [3.8, 4) is 23.0 Å². The van der Waals surface area contributed by atoms with Crippen molar-refractivity contribution < 1.29 is 4.52 Å². The molecule has 6 nitrogen and oxygen atoms in total. The second kappa shape index (κ2) is 4.42. The average Bonchev–Trinajstić information content (AvgIpc) is 3.09. The summed E-state index contributed by atoms with van der Waals surface area (Å²) in [5.41, 5.74) is 7.96. The minimum absolute atomic E-state index is 0.380. The fraction of sp³-hybridized carbons (Fsp3) is 0.0833. The van der Waals surface area contributed by atoms with Crippen molar-refractivity contribution in [1.82, 2.24) is 20.1 Å². The summed E-state index contributed by atoms with van der Waals surface area (Å²) in [6.45, 7) is 0.380. The molecule has 0 saturated carbocycles. The van der Waals surface area contributed by atoms with Crippen LogP contribution in [0.5, 0.6) is 0 Å². The Balaban J connectivity index is 1.97. The van der Waals surface area contributed by atoms with E-state index < -0.39 is 0 Å². The number of hydrogen-bond acceptors (Lipinski definition) is 5.